The first-order valence-electron chi connectivity index (χ1n) is 7.61. The summed E-state index contributed by atoms with van der Waals surface area (Å²) in [7, 11) is 0. The van der Waals surface area contributed by atoms with Crippen LogP contribution in [0.2, 0.25) is 5.02 Å². The number of carbonyl (C=O) groups is 1. The summed E-state index contributed by atoms with van der Waals surface area (Å²) in [5.74, 6) is 0.673. The van der Waals surface area contributed by atoms with Gasteiger partial charge in [0.1, 0.15) is 0 Å². The Hall–Kier alpha value is -2.21. The van der Waals surface area contributed by atoms with Gasteiger partial charge in [0.2, 0.25) is 5.91 Å². The van der Waals surface area contributed by atoms with Gasteiger partial charge in [0, 0.05) is 24.2 Å². The zero-order chi connectivity index (χ0) is 16.2. The molecule has 0 radical (unpaired) electrons. The summed E-state index contributed by atoms with van der Waals surface area (Å²) in [4.78, 5) is 15.5. The van der Waals surface area contributed by atoms with Crippen LogP contribution in [0.3, 0.4) is 0 Å². The van der Waals surface area contributed by atoms with Crippen molar-refractivity contribution in [1.82, 2.24) is 25.1 Å². The van der Waals surface area contributed by atoms with Crippen LogP contribution in [-0.2, 0) is 11.3 Å². The van der Waals surface area contributed by atoms with Gasteiger partial charge in [0.15, 0.2) is 5.82 Å². The molecule has 23 heavy (non-hydrogen) atoms. The Balaban J connectivity index is 1.79. The standard InChI is InChI=1S/C16H18ClN5O/c1-12-18-20-22(19-12)11-14-10-15(17)6-4-13(14)5-7-16(23)21-8-2-3-9-21/h4-7,10H,2-3,8-9,11H2,1H3. The van der Waals surface area contributed by atoms with Crippen LogP contribution in [-0.4, -0.2) is 44.1 Å². The maximum absolute atomic E-state index is 12.1. The van der Waals surface area contributed by atoms with Crippen LogP contribution >= 0.6 is 11.6 Å². The molecular weight excluding hydrogens is 314 g/mol. The quantitative estimate of drug-likeness (QED) is 0.806. The molecule has 1 saturated heterocycles. The van der Waals surface area contributed by atoms with Gasteiger partial charge < -0.3 is 4.90 Å². The molecule has 2 aromatic rings. The first-order valence-corrected chi connectivity index (χ1v) is 7.99. The highest BCUT2D eigenvalue weighted by Crippen LogP contribution is 2.19. The largest absolute Gasteiger partial charge is 0.339 e. The molecule has 120 valence electrons. The van der Waals surface area contributed by atoms with Crippen LogP contribution in [0.25, 0.3) is 6.08 Å². The van der Waals surface area contributed by atoms with Crippen molar-refractivity contribution in [3.05, 3.63) is 46.2 Å². The van der Waals surface area contributed by atoms with Crippen molar-refractivity contribution < 1.29 is 4.79 Å². The second kappa shape index (κ2) is 6.91. The highest BCUT2D eigenvalue weighted by molar-refractivity contribution is 6.30. The molecule has 1 aliphatic rings. The van der Waals surface area contributed by atoms with Crippen molar-refractivity contribution in [2.75, 3.05) is 13.1 Å². The number of aryl methyl sites for hydroxylation is 1. The Morgan fingerprint density at radius 2 is 2.13 bits per heavy atom. The molecule has 0 N–H and O–H groups in total. The molecule has 2 heterocycles. The topological polar surface area (TPSA) is 63.9 Å². The fourth-order valence-electron chi connectivity index (χ4n) is 2.62. The lowest BCUT2D eigenvalue weighted by Gasteiger charge is -2.12. The lowest BCUT2D eigenvalue weighted by atomic mass is 10.1. The maximum atomic E-state index is 12.1. The van der Waals surface area contributed by atoms with Gasteiger partial charge >= 0.3 is 0 Å². The van der Waals surface area contributed by atoms with E-state index in [9.17, 15) is 4.79 Å². The number of benzene rings is 1. The first kappa shape index (κ1) is 15.7. The Labute approximate surface area is 139 Å². The van der Waals surface area contributed by atoms with E-state index in [1.54, 1.807) is 13.0 Å². The second-order valence-corrected chi connectivity index (χ2v) is 6.01. The van der Waals surface area contributed by atoms with E-state index in [0.29, 0.717) is 17.4 Å². The Bertz CT molecular complexity index is 734. The number of rotatable bonds is 4. The molecule has 1 amide bonds. The number of carbonyl (C=O) groups excluding carboxylic acids is 1. The van der Waals surface area contributed by atoms with Crippen molar-refractivity contribution >= 4 is 23.6 Å². The van der Waals surface area contributed by atoms with E-state index in [0.717, 1.165) is 37.1 Å². The zero-order valence-corrected chi connectivity index (χ0v) is 13.7. The predicted molar refractivity (Wildman–Crippen MR) is 88.0 cm³/mol. The molecule has 0 unspecified atom stereocenters. The van der Waals surface area contributed by atoms with Crippen LogP contribution < -0.4 is 0 Å². The van der Waals surface area contributed by atoms with Crippen LogP contribution in [0, 0.1) is 6.92 Å². The minimum atomic E-state index is 0.0538. The van der Waals surface area contributed by atoms with Gasteiger partial charge in [-0.1, -0.05) is 17.7 Å². The molecule has 0 spiro atoms. The van der Waals surface area contributed by atoms with Crippen LogP contribution in [0.5, 0.6) is 0 Å². The van der Waals surface area contributed by atoms with Gasteiger partial charge in [0.25, 0.3) is 0 Å². The van der Waals surface area contributed by atoms with Crippen molar-refractivity contribution in [2.45, 2.75) is 26.3 Å². The number of hydrogen-bond donors (Lipinski definition) is 0. The number of hydrogen-bond acceptors (Lipinski definition) is 4. The summed E-state index contributed by atoms with van der Waals surface area (Å²) in [5, 5.41) is 12.7. The van der Waals surface area contributed by atoms with E-state index < -0.39 is 0 Å². The maximum Gasteiger partial charge on any atom is 0.246 e. The van der Waals surface area contributed by atoms with Gasteiger partial charge in [-0.05, 0) is 54.3 Å². The Morgan fingerprint density at radius 1 is 1.35 bits per heavy atom. The van der Waals surface area contributed by atoms with Crippen molar-refractivity contribution in [3.63, 3.8) is 0 Å². The monoisotopic (exact) mass is 331 g/mol. The highest BCUT2D eigenvalue weighted by Gasteiger charge is 2.15. The summed E-state index contributed by atoms with van der Waals surface area (Å²) in [5.41, 5.74) is 1.87. The van der Waals surface area contributed by atoms with Crippen LogP contribution in [0.1, 0.15) is 29.8 Å². The molecule has 0 saturated carbocycles. The molecule has 7 heteroatoms. The lowest BCUT2D eigenvalue weighted by Crippen LogP contribution is -2.25. The number of tetrazole rings is 1. The summed E-state index contributed by atoms with van der Waals surface area (Å²) in [6.45, 7) is 3.94. The first-order chi connectivity index (χ1) is 11.1. The molecule has 1 aliphatic heterocycles. The van der Waals surface area contributed by atoms with E-state index >= 15 is 0 Å². The minimum absolute atomic E-state index is 0.0538. The number of halogens is 1. The summed E-state index contributed by atoms with van der Waals surface area (Å²) in [6, 6.07) is 5.57. The van der Waals surface area contributed by atoms with Gasteiger partial charge in [0.05, 0.1) is 6.54 Å². The molecule has 6 nitrogen and oxygen atoms in total. The van der Waals surface area contributed by atoms with E-state index in [-0.39, 0.29) is 5.91 Å². The fourth-order valence-corrected chi connectivity index (χ4v) is 2.82. The van der Waals surface area contributed by atoms with Crippen molar-refractivity contribution in [3.8, 4) is 0 Å². The summed E-state index contributed by atoms with van der Waals surface area (Å²) >= 11 is 6.09. The molecule has 1 aromatic carbocycles. The normalized spacial score (nSPS) is 14.8. The third-order valence-corrected chi connectivity index (χ3v) is 4.03. The van der Waals surface area contributed by atoms with E-state index in [1.165, 1.54) is 4.80 Å². The number of likely N-dealkylation sites (tertiary alicyclic amines) is 1. The predicted octanol–water partition coefficient (Wildman–Crippen LogP) is 2.32. The van der Waals surface area contributed by atoms with Crippen molar-refractivity contribution in [2.24, 2.45) is 0 Å². The highest BCUT2D eigenvalue weighted by atomic mass is 35.5. The van der Waals surface area contributed by atoms with Gasteiger partial charge in [-0.3, -0.25) is 4.79 Å². The summed E-state index contributed by atoms with van der Waals surface area (Å²) < 4.78 is 0. The average Bonchev–Trinajstić information content (AvgIpc) is 3.18. The van der Waals surface area contributed by atoms with Gasteiger partial charge in [-0.2, -0.15) is 4.80 Å². The Morgan fingerprint density at radius 3 is 2.83 bits per heavy atom. The molecule has 0 aliphatic carbocycles. The molecule has 0 atom stereocenters. The number of nitrogens with zero attached hydrogens (tertiary/aromatic N) is 5. The number of aromatic nitrogens is 4. The molecule has 0 bridgehead atoms. The Kier molecular flexibility index (Phi) is 4.71. The molecule has 1 aromatic heterocycles. The average molecular weight is 332 g/mol. The molecule has 1 fully saturated rings. The minimum Gasteiger partial charge on any atom is -0.339 e. The molecule has 3 rings (SSSR count). The molecular formula is C16H18ClN5O. The smallest absolute Gasteiger partial charge is 0.246 e. The fraction of sp³-hybridized carbons (Fsp3) is 0.375. The zero-order valence-electron chi connectivity index (χ0n) is 12.9. The van der Waals surface area contributed by atoms with Crippen molar-refractivity contribution in [1.29, 1.82) is 0 Å². The van der Waals surface area contributed by atoms with E-state index in [1.807, 2.05) is 29.2 Å². The summed E-state index contributed by atoms with van der Waals surface area (Å²) in [6.07, 6.45) is 5.63. The third kappa shape index (κ3) is 3.96. The van der Waals surface area contributed by atoms with E-state index in [2.05, 4.69) is 15.4 Å². The van der Waals surface area contributed by atoms with Crippen LogP contribution in [0.4, 0.5) is 0 Å². The number of amides is 1. The van der Waals surface area contributed by atoms with Gasteiger partial charge in [-0.25, -0.2) is 0 Å². The third-order valence-electron chi connectivity index (χ3n) is 3.79. The second-order valence-electron chi connectivity index (χ2n) is 5.58. The van der Waals surface area contributed by atoms with E-state index in [4.69, 9.17) is 11.6 Å². The van der Waals surface area contributed by atoms with Gasteiger partial charge in [-0.15, -0.1) is 10.2 Å². The SMILES string of the molecule is Cc1nnn(Cc2cc(Cl)ccc2C=CC(=O)N2CCCC2)n1. The van der Waals surface area contributed by atoms with Crippen LogP contribution in [0.15, 0.2) is 24.3 Å². The lowest BCUT2D eigenvalue weighted by molar-refractivity contribution is -0.124.